The van der Waals surface area contributed by atoms with E-state index >= 15 is 0 Å². The van der Waals surface area contributed by atoms with Crippen molar-refractivity contribution in [1.82, 2.24) is 9.36 Å². The second kappa shape index (κ2) is 9.04. The molecule has 37 heavy (non-hydrogen) atoms. The predicted molar refractivity (Wildman–Crippen MR) is 154 cm³/mol. The van der Waals surface area contributed by atoms with Crippen molar-refractivity contribution in [3.63, 3.8) is 0 Å². The molecule has 0 unspecified atom stereocenters. The van der Waals surface area contributed by atoms with Gasteiger partial charge in [-0.3, -0.25) is 0 Å². The standard InChI is InChI=1S/C32H22N4S/c1-3-11-23(12-4-1)31-33-32(37-34-31)24-19-21-26(22-20-24)36-29-17-9-7-15-27(29)35(25-13-5-2-6-14-25)28-16-8-10-18-30(28)36/h1-22H. The lowest BCUT2D eigenvalue weighted by molar-refractivity contribution is 1.17. The van der Waals surface area contributed by atoms with Crippen LogP contribution in [0.3, 0.4) is 0 Å². The van der Waals surface area contributed by atoms with Crippen LogP contribution in [0.15, 0.2) is 133 Å². The van der Waals surface area contributed by atoms with Crippen LogP contribution in [-0.4, -0.2) is 9.36 Å². The highest BCUT2D eigenvalue weighted by Gasteiger charge is 2.29. The molecule has 0 spiro atoms. The molecule has 0 aliphatic carbocycles. The van der Waals surface area contributed by atoms with Crippen molar-refractivity contribution >= 4 is 45.7 Å². The summed E-state index contributed by atoms with van der Waals surface area (Å²) in [5, 5.41) is 0.917. The van der Waals surface area contributed by atoms with Gasteiger partial charge in [0.25, 0.3) is 0 Å². The Hall–Kier alpha value is -4.74. The van der Waals surface area contributed by atoms with Crippen molar-refractivity contribution in [2.75, 3.05) is 9.80 Å². The van der Waals surface area contributed by atoms with Gasteiger partial charge in [0.1, 0.15) is 5.01 Å². The van der Waals surface area contributed by atoms with Crippen LogP contribution in [0.25, 0.3) is 22.0 Å². The zero-order valence-corrected chi connectivity index (χ0v) is 20.7. The van der Waals surface area contributed by atoms with Crippen LogP contribution in [0.2, 0.25) is 0 Å². The molecule has 4 nitrogen and oxygen atoms in total. The molecule has 1 aliphatic heterocycles. The van der Waals surface area contributed by atoms with Crippen LogP contribution in [0.4, 0.5) is 34.1 Å². The van der Waals surface area contributed by atoms with E-state index in [0.717, 1.165) is 56.1 Å². The van der Waals surface area contributed by atoms with E-state index in [9.17, 15) is 0 Å². The summed E-state index contributed by atoms with van der Waals surface area (Å²) in [6, 6.07) is 46.4. The zero-order chi connectivity index (χ0) is 24.6. The van der Waals surface area contributed by atoms with Gasteiger partial charge in [0, 0.05) is 22.5 Å². The van der Waals surface area contributed by atoms with Crippen molar-refractivity contribution in [2.45, 2.75) is 0 Å². The zero-order valence-electron chi connectivity index (χ0n) is 19.9. The van der Waals surface area contributed by atoms with Crippen LogP contribution in [0, 0.1) is 0 Å². The summed E-state index contributed by atoms with van der Waals surface area (Å²) in [4.78, 5) is 9.47. The molecule has 0 radical (unpaired) electrons. The van der Waals surface area contributed by atoms with Gasteiger partial charge >= 0.3 is 0 Å². The lowest BCUT2D eigenvalue weighted by Gasteiger charge is -2.40. The van der Waals surface area contributed by atoms with Crippen LogP contribution in [-0.2, 0) is 0 Å². The maximum atomic E-state index is 4.80. The van der Waals surface area contributed by atoms with E-state index in [1.165, 1.54) is 11.5 Å². The third-order valence-corrected chi connectivity index (χ3v) is 7.34. The number of rotatable bonds is 4. The van der Waals surface area contributed by atoms with Gasteiger partial charge in [-0.1, -0.05) is 72.8 Å². The van der Waals surface area contributed by atoms with Gasteiger partial charge in [-0.25, -0.2) is 4.98 Å². The molecule has 1 aliphatic rings. The number of anilines is 6. The summed E-state index contributed by atoms with van der Waals surface area (Å²) in [7, 11) is 0. The number of aromatic nitrogens is 2. The monoisotopic (exact) mass is 494 g/mol. The SMILES string of the molecule is c1ccc(-c2nsc(-c3ccc(N4c5ccccc5N(c5ccccc5)c5ccccc54)cc3)n2)cc1. The lowest BCUT2D eigenvalue weighted by Crippen LogP contribution is -2.23. The molecule has 176 valence electrons. The molecular formula is C32H22N4S. The molecule has 1 aromatic heterocycles. The van der Waals surface area contributed by atoms with Crippen LogP contribution >= 0.6 is 11.5 Å². The van der Waals surface area contributed by atoms with Crippen LogP contribution in [0.1, 0.15) is 0 Å². The Kier molecular flexibility index (Phi) is 5.26. The maximum Gasteiger partial charge on any atom is 0.173 e. The van der Waals surface area contributed by atoms with E-state index in [2.05, 4.69) is 117 Å². The number of fused-ring (bicyclic) bond motifs is 2. The fraction of sp³-hybridized carbons (Fsp3) is 0. The first-order valence-corrected chi connectivity index (χ1v) is 13.0. The highest BCUT2D eigenvalue weighted by molar-refractivity contribution is 7.09. The number of benzene rings is 5. The number of para-hydroxylation sites is 5. The minimum absolute atomic E-state index is 0.768. The Morgan fingerprint density at radius 1 is 0.432 bits per heavy atom. The van der Waals surface area contributed by atoms with Crippen molar-refractivity contribution in [2.24, 2.45) is 0 Å². The Labute approximate surface area is 219 Å². The quantitative estimate of drug-likeness (QED) is 0.244. The van der Waals surface area contributed by atoms with E-state index in [4.69, 9.17) is 4.98 Å². The van der Waals surface area contributed by atoms with Crippen molar-refractivity contribution in [1.29, 1.82) is 0 Å². The Morgan fingerprint density at radius 3 is 1.43 bits per heavy atom. The van der Waals surface area contributed by atoms with Gasteiger partial charge in [-0.2, -0.15) is 4.37 Å². The Morgan fingerprint density at radius 2 is 0.892 bits per heavy atom. The van der Waals surface area contributed by atoms with Gasteiger partial charge < -0.3 is 9.80 Å². The first-order chi connectivity index (χ1) is 18.4. The maximum absolute atomic E-state index is 4.80. The molecular weight excluding hydrogens is 472 g/mol. The lowest BCUT2D eigenvalue weighted by atomic mass is 10.0. The molecule has 5 heteroatoms. The van der Waals surface area contributed by atoms with Gasteiger partial charge in [-0.05, 0) is 72.2 Å². The average molecular weight is 495 g/mol. The normalized spacial score (nSPS) is 12.2. The van der Waals surface area contributed by atoms with E-state index < -0.39 is 0 Å². The van der Waals surface area contributed by atoms with Crippen LogP contribution < -0.4 is 9.80 Å². The third kappa shape index (κ3) is 3.77. The Bertz CT molecular complexity index is 1630. The molecule has 7 rings (SSSR count). The van der Waals surface area contributed by atoms with Gasteiger partial charge in [-0.15, -0.1) is 0 Å². The largest absolute Gasteiger partial charge is 0.306 e. The summed E-state index contributed by atoms with van der Waals surface area (Å²) >= 11 is 1.43. The van der Waals surface area contributed by atoms with Crippen LogP contribution in [0.5, 0.6) is 0 Å². The van der Waals surface area contributed by atoms with Crippen molar-refractivity contribution < 1.29 is 0 Å². The highest BCUT2D eigenvalue weighted by Crippen LogP contribution is 2.53. The molecule has 0 N–H and O–H groups in total. The minimum atomic E-state index is 0.768. The second-order valence-corrected chi connectivity index (χ2v) is 9.57. The molecule has 6 aromatic rings. The summed E-state index contributed by atoms with van der Waals surface area (Å²) in [6.45, 7) is 0. The predicted octanol–water partition coefficient (Wildman–Crippen LogP) is 9.13. The average Bonchev–Trinajstić information content (AvgIpc) is 3.47. The van der Waals surface area contributed by atoms with Crippen molar-refractivity contribution in [3.8, 4) is 22.0 Å². The smallest absolute Gasteiger partial charge is 0.173 e. The first-order valence-electron chi connectivity index (χ1n) is 12.2. The Balaban J connectivity index is 1.30. The molecule has 2 heterocycles. The summed E-state index contributed by atoms with van der Waals surface area (Å²) in [5.41, 5.74) is 8.91. The molecule has 0 saturated carbocycles. The highest BCUT2D eigenvalue weighted by atomic mass is 32.1. The van der Waals surface area contributed by atoms with Gasteiger partial charge in [0.2, 0.25) is 0 Å². The number of nitrogens with zero attached hydrogens (tertiary/aromatic N) is 4. The number of hydrogen-bond acceptors (Lipinski definition) is 5. The fourth-order valence-electron chi connectivity index (χ4n) is 4.88. The third-order valence-electron chi connectivity index (χ3n) is 6.57. The van der Waals surface area contributed by atoms with Gasteiger partial charge in [0.15, 0.2) is 5.82 Å². The van der Waals surface area contributed by atoms with E-state index in [0.29, 0.717) is 0 Å². The summed E-state index contributed by atoms with van der Waals surface area (Å²) in [6.07, 6.45) is 0. The summed E-state index contributed by atoms with van der Waals surface area (Å²) < 4.78 is 4.59. The van der Waals surface area contributed by atoms with Gasteiger partial charge in [0.05, 0.1) is 22.7 Å². The van der Waals surface area contributed by atoms with E-state index in [1.807, 2.05) is 30.3 Å². The second-order valence-electron chi connectivity index (χ2n) is 8.82. The summed E-state index contributed by atoms with van der Waals surface area (Å²) in [5.74, 6) is 0.768. The molecule has 0 amide bonds. The molecule has 5 aromatic carbocycles. The topological polar surface area (TPSA) is 32.3 Å². The van der Waals surface area contributed by atoms with E-state index in [-0.39, 0.29) is 0 Å². The first kappa shape index (κ1) is 21.5. The van der Waals surface area contributed by atoms with E-state index in [1.54, 1.807) is 0 Å². The number of hydrogen-bond donors (Lipinski definition) is 0. The minimum Gasteiger partial charge on any atom is -0.306 e. The van der Waals surface area contributed by atoms with Crippen molar-refractivity contribution in [3.05, 3.63) is 133 Å². The molecule has 0 saturated heterocycles. The molecule has 0 fully saturated rings. The molecule has 0 bridgehead atoms. The molecule has 0 atom stereocenters. The fourth-order valence-corrected chi connectivity index (χ4v) is 5.56.